The standard InChI is InChI=1S/C29H26F3NO5S/c1-3-38-28(35)13-9-19-8-10-20-15-23(16-22(20)14-19)33-39(36,37)27-12-11-21(17-26(27)29(30,31)32)25-7-5-4-6-24(25)18(2)34/h4-14,17,23,33H,3,15-16H2,1-2H3/b13-9+. The Morgan fingerprint density at radius 1 is 1.03 bits per heavy atom. The number of hydrogen-bond acceptors (Lipinski definition) is 5. The van der Waals surface area contributed by atoms with Crippen molar-refractivity contribution in [3.63, 3.8) is 0 Å². The molecule has 1 unspecified atom stereocenters. The van der Waals surface area contributed by atoms with Crippen LogP contribution in [-0.2, 0) is 38.6 Å². The van der Waals surface area contributed by atoms with Crippen molar-refractivity contribution in [1.29, 1.82) is 0 Å². The first-order chi connectivity index (χ1) is 18.4. The summed E-state index contributed by atoms with van der Waals surface area (Å²) >= 11 is 0. The minimum absolute atomic E-state index is 0.0868. The van der Waals surface area contributed by atoms with Crippen LogP contribution in [0.15, 0.2) is 71.6 Å². The molecule has 0 saturated heterocycles. The molecule has 1 aliphatic rings. The average molecular weight is 558 g/mol. The molecule has 0 saturated carbocycles. The summed E-state index contributed by atoms with van der Waals surface area (Å²) in [5.74, 6) is -0.808. The van der Waals surface area contributed by atoms with Gasteiger partial charge in [0, 0.05) is 17.7 Å². The van der Waals surface area contributed by atoms with Gasteiger partial charge in [-0.05, 0) is 72.7 Å². The van der Waals surface area contributed by atoms with Crippen molar-refractivity contribution >= 4 is 27.9 Å². The second-order valence-electron chi connectivity index (χ2n) is 9.15. The lowest BCUT2D eigenvalue weighted by atomic mass is 9.96. The van der Waals surface area contributed by atoms with Gasteiger partial charge in [-0.1, -0.05) is 48.5 Å². The largest absolute Gasteiger partial charge is 0.463 e. The van der Waals surface area contributed by atoms with Crippen molar-refractivity contribution in [2.45, 2.75) is 43.8 Å². The molecule has 1 aliphatic carbocycles. The summed E-state index contributed by atoms with van der Waals surface area (Å²) in [6.45, 7) is 3.26. The number of carbonyl (C=O) groups excluding carboxylic acids is 2. The van der Waals surface area contributed by atoms with E-state index in [1.807, 2.05) is 6.07 Å². The summed E-state index contributed by atoms with van der Waals surface area (Å²) in [5, 5.41) is 0. The lowest BCUT2D eigenvalue weighted by Gasteiger charge is -2.18. The molecule has 0 spiro atoms. The molecule has 0 amide bonds. The van der Waals surface area contributed by atoms with Crippen LogP contribution in [-0.4, -0.2) is 32.8 Å². The van der Waals surface area contributed by atoms with Crippen LogP contribution in [0.2, 0.25) is 0 Å². The van der Waals surface area contributed by atoms with Gasteiger partial charge in [0.15, 0.2) is 5.78 Å². The number of alkyl halides is 3. The number of halogens is 3. The normalized spacial score (nSPS) is 15.4. The van der Waals surface area contributed by atoms with Crippen LogP contribution in [0.3, 0.4) is 0 Å². The highest BCUT2D eigenvalue weighted by molar-refractivity contribution is 7.89. The van der Waals surface area contributed by atoms with Crippen LogP contribution in [0, 0.1) is 0 Å². The van der Waals surface area contributed by atoms with Gasteiger partial charge < -0.3 is 4.74 Å². The van der Waals surface area contributed by atoms with Gasteiger partial charge in [0.2, 0.25) is 10.0 Å². The van der Waals surface area contributed by atoms with E-state index in [0.717, 1.165) is 23.3 Å². The van der Waals surface area contributed by atoms with E-state index in [1.165, 1.54) is 31.2 Å². The van der Waals surface area contributed by atoms with E-state index in [1.54, 1.807) is 37.3 Å². The van der Waals surface area contributed by atoms with E-state index in [-0.39, 0.29) is 35.5 Å². The molecule has 0 fully saturated rings. The van der Waals surface area contributed by atoms with Crippen molar-refractivity contribution in [2.24, 2.45) is 0 Å². The van der Waals surface area contributed by atoms with Crippen LogP contribution < -0.4 is 4.72 Å². The third-order valence-electron chi connectivity index (χ3n) is 6.38. The number of hydrogen-bond donors (Lipinski definition) is 1. The zero-order valence-corrected chi connectivity index (χ0v) is 22.0. The zero-order chi connectivity index (χ0) is 28.4. The number of benzene rings is 3. The van der Waals surface area contributed by atoms with Crippen molar-refractivity contribution < 1.29 is 35.9 Å². The van der Waals surface area contributed by atoms with Crippen molar-refractivity contribution in [3.05, 3.63) is 94.6 Å². The average Bonchev–Trinajstić information content (AvgIpc) is 3.27. The lowest BCUT2D eigenvalue weighted by Crippen LogP contribution is -2.36. The van der Waals surface area contributed by atoms with Crippen LogP contribution >= 0.6 is 0 Å². The Kier molecular flexibility index (Phi) is 8.08. The van der Waals surface area contributed by atoms with E-state index in [0.29, 0.717) is 12.0 Å². The number of carbonyl (C=O) groups is 2. The quantitative estimate of drug-likeness (QED) is 0.221. The molecule has 39 heavy (non-hydrogen) atoms. The molecule has 10 heteroatoms. The topological polar surface area (TPSA) is 89.5 Å². The summed E-state index contributed by atoms with van der Waals surface area (Å²) in [6.07, 6.45) is -1.50. The SMILES string of the molecule is CCOC(=O)/C=C/c1ccc2c(c1)CC(NS(=O)(=O)c1ccc(-c3ccccc3C(C)=O)cc1C(F)(F)F)C2. The Labute approximate surface area is 224 Å². The molecule has 3 aromatic carbocycles. The van der Waals surface area contributed by atoms with E-state index >= 15 is 0 Å². The van der Waals surface area contributed by atoms with Gasteiger partial charge in [-0.3, -0.25) is 4.79 Å². The molecule has 0 radical (unpaired) electrons. The summed E-state index contributed by atoms with van der Waals surface area (Å²) in [7, 11) is -4.55. The number of ketones is 1. The Bertz CT molecular complexity index is 1560. The second-order valence-corrected chi connectivity index (χ2v) is 10.8. The highest BCUT2D eigenvalue weighted by Crippen LogP contribution is 2.38. The maximum Gasteiger partial charge on any atom is 0.417 e. The zero-order valence-electron chi connectivity index (χ0n) is 21.2. The maximum absolute atomic E-state index is 14.1. The number of esters is 1. The first-order valence-electron chi connectivity index (χ1n) is 12.2. The monoisotopic (exact) mass is 557 g/mol. The van der Waals surface area contributed by atoms with Gasteiger partial charge in [0.25, 0.3) is 0 Å². The summed E-state index contributed by atoms with van der Waals surface area (Å²) in [4.78, 5) is 22.7. The predicted octanol–water partition coefficient (Wildman–Crippen LogP) is 5.60. The molecule has 0 aliphatic heterocycles. The van der Waals surface area contributed by atoms with Crippen LogP contribution in [0.4, 0.5) is 13.2 Å². The van der Waals surface area contributed by atoms with E-state index in [9.17, 15) is 31.2 Å². The smallest absolute Gasteiger partial charge is 0.417 e. The van der Waals surface area contributed by atoms with Crippen LogP contribution in [0.5, 0.6) is 0 Å². The fourth-order valence-corrected chi connectivity index (χ4v) is 6.10. The lowest BCUT2D eigenvalue weighted by molar-refractivity contribution is -0.140. The Balaban J connectivity index is 1.60. The fourth-order valence-electron chi connectivity index (χ4n) is 4.66. The van der Waals surface area contributed by atoms with E-state index in [2.05, 4.69) is 4.72 Å². The van der Waals surface area contributed by atoms with Gasteiger partial charge in [0.1, 0.15) is 0 Å². The van der Waals surface area contributed by atoms with Crippen molar-refractivity contribution in [1.82, 2.24) is 4.72 Å². The second kappa shape index (κ2) is 11.2. The third-order valence-corrected chi connectivity index (χ3v) is 7.95. The molecule has 0 heterocycles. The summed E-state index contributed by atoms with van der Waals surface area (Å²) in [5.41, 5.74) is 1.71. The van der Waals surface area contributed by atoms with Crippen LogP contribution in [0.1, 0.15) is 46.5 Å². The summed E-state index contributed by atoms with van der Waals surface area (Å²) < 4.78 is 76.0. The molecule has 1 N–H and O–H groups in total. The van der Waals surface area contributed by atoms with Gasteiger partial charge in [-0.15, -0.1) is 0 Å². The number of sulfonamides is 1. The third kappa shape index (κ3) is 6.46. The van der Waals surface area contributed by atoms with Gasteiger partial charge in [-0.25, -0.2) is 17.9 Å². The number of ether oxygens (including phenoxy) is 1. The minimum atomic E-state index is -4.95. The highest BCUT2D eigenvalue weighted by atomic mass is 32.2. The molecular formula is C29H26F3NO5S. The van der Waals surface area contributed by atoms with E-state index in [4.69, 9.17) is 4.74 Å². The number of Topliss-reactive ketones (excluding diaryl/α,β-unsaturated/α-hetero) is 1. The van der Waals surface area contributed by atoms with Gasteiger partial charge in [-0.2, -0.15) is 13.2 Å². The molecule has 4 rings (SSSR count). The van der Waals surface area contributed by atoms with E-state index < -0.39 is 38.7 Å². The highest BCUT2D eigenvalue weighted by Gasteiger charge is 2.39. The fraction of sp³-hybridized carbons (Fsp3) is 0.241. The minimum Gasteiger partial charge on any atom is -0.463 e. The van der Waals surface area contributed by atoms with Crippen molar-refractivity contribution in [3.8, 4) is 11.1 Å². The molecule has 0 aromatic heterocycles. The molecule has 0 bridgehead atoms. The Morgan fingerprint density at radius 3 is 2.44 bits per heavy atom. The molecule has 3 aromatic rings. The first kappa shape index (κ1) is 28.3. The van der Waals surface area contributed by atoms with Crippen LogP contribution in [0.25, 0.3) is 17.2 Å². The molecule has 204 valence electrons. The van der Waals surface area contributed by atoms with Gasteiger partial charge >= 0.3 is 12.1 Å². The number of rotatable bonds is 8. The molecular weight excluding hydrogens is 531 g/mol. The Hall–Kier alpha value is -3.76. The summed E-state index contributed by atoms with van der Waals surface area (Å²) in [6, 6.07) is 13.9. The Morgan fingerprint density at radius 2 is 1.74 bits per heavy atom. The first-order valence-corrected chi connectivity index (χ1v) is 13.7. The van der Waals surface area contributed by atoms with Gasteiger partial charge in [0.05, 0.1) is 17.1 Å². The molecule has 1 atom stereocenters. The molecule has 6 nitrogen and oxygen atoms in total. The van der Waals surface area contributed by atoms with Crippen molar-refractivity contribution in [2.75, 3.05) is 6.61 Å². The maximum atomic E-state index is 14.1. The number of nitrogens with one attached hydrogen (secondary N) is 1. The number of fused-ring (bicyclic) bond motifs is 1. The predicted molar refractivity (Wildman–Crippen MR) is 141 cm³/mol.